The van der Waals surface area contributed by atoms with Gasteiger partial charge >= 0.3 is 0 Å². The number of pyridine rings is 1. The number of halogens is 2. The van der Waals surface area contributed by atoms with E-state index < -0.39 is 0 Å². The van der Waals surface area contributed by atoms with Gasteiger partial charge in [0.1, 0.15) is 21.8 Å². The molecule has 2 heterocycles. The Morgan fingerprint density at radius 2 is 2.26 bits per heavy atom. The van der Waals surface area contributed by atoms with Gasteiger partial charge in [0, 0.05) is 18.9 Å². The first-order valence-electron chi connectivity index (χ1n) is 5.58. The Morgan fingerprint density at radius 1 is 1.42 bits per heavy atom. The first-order valence-corrected chi connectivity index (χ1v) is 7.57. The minimum Gasteiger partial charge on any atom is -0.374 e. The normalized spacial score (nSPS) is 10.7. The molecular formula is C12H11BrClN3OS. The van der Waals surface area contributed by atoms with E-state index in [9.17, 15) is 0 Å². The Bertz CT molecular complexity index is 570. The fraction of sp³-hybridized carbons (Fsp3) is 0.250. The number of rotatable bonds is 5. The number of hydrogen-bond acceptors (Lipinski definition) is 5. The Labute approximate surface area is 129 Å². The van der Waals surface area contributed by atoms with Gasteiger partial charge in [-0.2, -0.15) is 0 Å². The number of aromatic nitrogens is 3. The molecule has 19 heavy (non-hydrogen) atoms. The first-order chi connectivity index (χ1) is 9.19. The predicted molar refractivity (Wildman–Crippen MR) is 78.4 cm³/mol. The second kappa shape index (κ2) is 7.19. The second-order valence-electron chi connectivity index (χ2n) is 3.47. The molecule has 0 saturated carbocycles. The second-order valence-corrected chi connectivity index (χ2v) is 5.73. The fourth-order valence-electron chi connectivity index (χ4n) is 1.30. The Balaban J connectivity index is 2.20. The van der Waals surface area contributed by atoms with Crippen LogP contribution in [0.5, 0.6) is 0 Å². The molecule has 0 aliphatic carbocycles. The summed E-state index contributed by atoms with van der Waals surface area (Å²) in [5.41, 5.74) is 0. The largest absolute Gasteiger partial charge is 0.374 e. The van der Waals surface area contributed by atoms with Crippen molar-refractivity contribution in [2.45, 2.75) is 23.6 Å². The maximum absolute atomic E-state index is 5.98. The van der Waals surface area contributed by atoms with E-state index in [1.807, 2.05) is 19.1 Å². The number of hydrogen-bond donors (Lipinski definition) is 0. The smallest absolute Gasteiger partial charge is 0.157 e. The van der Waals surface area contributed by atoms with Crippen LogP contribution in [0.3, 0.4) is 0 Å². The van der Waals surface area contributed by atoms with E-state index in [-0.39, 0.29) is 0 Å². The number of nitrogens with zero attached hydrogens (tertiary/aromatic N) is 3. The van der Waals surface area contributed by atoms with Crippen LogP contribution in [-0.2, 0) is 11.3 Å². The summed E-state index contributed by atoms with van der Waals surface area (Å²) >= 11 is 10.9. The van der Waals surface area contributed by atoms with Crippen molar-refractivity contribution in [1.29, 1.82) is 0 Å². The van der Waals surface area contributed by atoms with Gasteiger partial charge in [-0.25, -0.2) is 15.0 Å². The van der Waals surface area contributed by atoms with E-state index in [2.05, 4.69) is 30.9 Å². The minimum atomic E-state index is 0.355. The maximum Gasteiger partial charge on any atom is 0.157 e. The van der Waals surface area contributed by atoms with Gasteiger partial charge in [0.05, 0.1) is 4.47 Å². The summed E-state index contributed by atoms with van der Waals surface area (Å²) in [5, 5.41) is 1.98. The van der Waals surface area contributed by atoms with Crippen LogP contribution in [0.25, 0.3) is 0 Å². The predicted octanol–water partition coefficient (Wildman–Crippen LogP) is 3.98. The molecule has 100 valence electrons. The Morgan fingerprint density at radius 3 is 3.00 bits per heavy atom. The average Bonchev–Trinajstić information content (AvgIpc) is 2.38. The highest BCUT2D eigenvalue weighted by Crippen LogP contribution is 2.31. The third-order valence-corrected chi connectivity index (χ3v) is 4.11. The van der Waals surface area contributed by atoms with E-state index >= 15 is 0 Å². The van der Waals surface area contributed by atoms with E-state index in [1.165, 1.54) is 11.8 Å². The summed E-state index contributed by atoms with van der Waals surface area (Å²) in [5.74, 6) is 0.573. The molecule has 0 bridgehead atoms. The van der Waals surface area contributed by atoms with Crippen LogP contribution in [0.2, 0.25) is 5.15 Å². The van der Waals surface area contributed by atoms with Crippen LogP contribution in [0, 0.1) is 0 Å². The van der Waals surface area contributed by atoms with Crippen molar-refractivity contribution in [2.75, 3.05) is 6.61 Å². The fourth-order valence-corrected chi connectivity index (χ4v) is 2.86. The van der Waals surface area contributed by atoms with Gasteiger partial charge in [0.25, 0.3) is 0 Å². The molecule has 0 amide bonds. The molecule has 2 aromatic rings. The van der Waals surface area contributed by atoms with Gasteiger partial charge in [0.15, 0.2) is 5.82 Å². The van der Waals surface area contributed by atoms with Crippen molar-refractivity contribution in [2.24, 2.45) is 0 Å². The standard InChI is InChI=1S/C12H11BrClN3OS/c1-2-18-7-10-16-9(14)6-11(17-10)19-12-8(13)4-3-5-15-12/h3-6H,2,7H2,1H3. The maximum atomic E-state index is 5.98. The highest BCUT2D eigenvalue weighted by atomic mass is 79.9. The molecule has 0 atom stereocenters. The molecule has 0 radical (unpaired) electrons. The quantitative estimate of drug-likeness (QED) is 0.755. The van der Waals surface area contributed by atoms with Crippen molar-refractivity contribution in [3.63, 3.8) is 0 Å². The third-order valence-electron chi connectivity index (χ3n) is 2.08. The highest BCUT2D eigenvalue weighted by molar-refractivity contribution is 9.10. The first kappa shape index (κ1) is 14.7. The van der Waals surface area contributed by atoms with Crippen molar-refractivity contribution in [3.8, 4) is 0 Å². The highest BCUT2D eigenvalue weighted by Gasteiger charge is 2.08. The molecule has 0 N–H and O–H groups in total. The molecule has 4 nitrogen and oxygen atoms in total. The summed E-state index contributed by atoms with van der Waals surface area (Å²) in [6.07, 6.45) is 1.73. The topological polar surface area (TPSA) is 47.9 Å². The van der Waals surface area contributed by atoms with Gasteiger partial charge in [-0.05, 0) is 46.7 Å². The SMILES string of the molecule is CCOCc1nc(Cl)cc(Sc2ncccc2Br)n1. The molecule has 2 rings (SSSR count). The molecular weight excluding hydrogens is 350 g/mol. The van der Waals surface area contributed by atoms with Crippen LogP contribution in [0.15, 0.2) is 38.9 Å². The molecule has 7 heteroatoms. The average molecular weight is 361 g/mol. The van der Waals surface area contributed by atoms with Gasteiger partial charge < -0.3 is 4.74 Å². The summed E-state index contributed by atoms with van der Waals surface area (Å²) in [6.45, 7) is 2.89. The van der Waals surface area contributed by atoms with E-state index in [4.69, 9.17) is 16.3 Å². The van der Waals surface area contributed by atoms with Crippen molar-refractivity contribution >= 4 is 39.3 Å². The lowest BCUT2D eigenvalue weighted by Gasteiger charge is -2.05. The van der Waals surface area contributed by atoms with E-state index in [1.54, 1.807) is 12.3 Å². The number of ether oxygens (including phenoxy) is 1. The minimum absolute atomic E-state index is 0.355. The van der Waals surface area contributed by atoms with Crippen molar-refractivity contribution in [1.82, 2.24) is 15.0 Å². The lowest BCUT2D eigenvalue weighted by molar-refractivity contribution is 0.128. The third kappa shape index (κ3) is 4.42. The Hall–Kier alpha value is -0.690. The zero-order valence-electron chi connectivity index (χ0n) is 10.1. The van der Waals surface area contributed by atoms with Crippen LogP contribution >= 0.6 is 39.3 Å². The molecule has 0 saturated heterocycles. The molecule has 2 aromatic heterocycles. The van der Waals surface area contributed by atoms with Crippen LogP contribution in [0.4, 0.5) is 0 Å². The van der Waals surface area contributed by atoms with E-state index in [0.717, 1.165) is 14.5 Å². The molecule has 0 aromatic carbocycles. The zero-order valence-corrected chi connectivity index (χ0v) is 13.3. The van der Waals surface area contributed by atoms with Crippen molar-refractivity contribution in [3.05, 3.63) is 39.8 Å². The van der Waals surface area contributed by atoms with Gasteiger partial charge in [0.2, 0.25) is 0 Å². The van der Waals surface area contributed by atoms with Crippen LogP contribution in [-0.4, -0.2) is 21.6 Å². The molecule has 0 spiro atoms. The molecule has 0 fully saturated rings. The van der Waals surface area contributed by atoms with Crippen molar-refractivity contribution < 1.29 is 4.74 Å². The van der Waals surface area contributed by atoms with E-state index in [0.29, 0.717) is 24.2 Å². The van der Waals surface area contributed by atoms with Gasteiger partial charge in [-0.3, -0.25) is 0 Å². The summed E-state index contributed by atoms with van der Waals surface area (Å²) in [7, 11) is 0. The molecule has 0 aliphatic heterocycles. The Kier molecular flexibility index (Phi) is 5.57. The monoisotopic (exact) mass is 359 g/mol. The zero-order chi connectivity index (χ0) is 13.7. The molecule has 0 unspecified atom stereocenters. The lowest BCUT2D eigenvalue weighted by Crippen LogP contribution is -2.00. The summed E-state index contributed by atoms with van der Waals surface area (Å²) in [4.78, 5) is 12.8. The summed E-state index contributed by atoms with van der Waals surface area (Å²) in [6, 6.07) is 5.50. The summed E-state index contributed by atoms with van der Waals surface area (Å²) < 4.78 is 6.20. The van der Waals surface area contributed by atoms with Crippen LogP contribution < -0.4 is 0 Å². The van der Waals surface area contributed by atoms with Gasteiger partial charge in [-0.1, -0.05) is 11.6 Å². The van der Waals surface area contributed by atoms with Gasteiger partial charge in [-0.15, -0.1) is 0 Å². The lowest BCUT2D eigenvalue weighted by atomic mass is 10.5. The van der Waals surface area contributed by atoms with Crippen LogP contribution in [0.1, 0.15) is 12.7 Å². The molecule has 0 aliphatic rings.